The largest absolute Gasteiger partial charge is 0.504 e. The minimum absolute atomic E-state index is 0.0753. The van der Waals surface area contributed by atoms with Gasteiger partial charge >= 0.3 is 18.1 Å². The van der Waals surface area contributed by atoms with Gasteiger partial charge < -0.3 is 14.3 Å². The lowest BCUT2D eigenvalue weighted by molar-refractivity contribution is -0.212. The highest BCUT2D eigenvalue weighted by atomic mass is 35.5. The first kappa shape index (κ1) is 21.3. The van der Waals surface area contributed by atoms with E-state index in [2.05, 4.69) is 30.4 Å². The highest BCUT2D eigenvalue weighted by Gasteiger charge is 2.38. The van der Waals surface area contributed by atoms with Gasteiger partial charge in [-0.25, -0.2) is 9.50 Å². The van der Waals surface area contributed by atoms with Gasteiger partial charge in [0.25, 0.3) is 5.89 Å². The zero-order valence-corrected chi connectivity index (χ0v) is 18.2. The van der Waals surface area contributed by atoms with E-state index in [0.717, 1.165) is 17.4 Å². The van der Waals surface area contributed by atoms with Crippen molar-refractivity contribution >= 4 is 23.0 Å². The molecule has 0 bridgehead atoms. The first-order valence-corrected chi connectivity index (χ1v) is 10.6. The number of hydrogen-bond acceptors (Lipinski definition) is 7. The van der Waals surface area contributed by atoms with Gasteiger partial charge in [0.15, 0.2) is 0 Å². The van der Waals surface area contributed by atoms with Crippen LogP contribution in [0.4, 0.5) is 13.2 Å². The third-order valence-corrected chi connectivity index (χ3v) is 5.91. The number of carbonyl (C=O) groups is 1. The Labute approximate surface area is 198 Å². The third kappa shape index (κ3) is 3.53. The number of rotatable bonds is 3. The number of nitrogens with one attached hydrogen (secondary N) is 1. The molecule has 0 saturated carbocycles. The summed E-state index contributed by atoms with van der Waals surface area (Å²) in [7, 11) is 0. The van der Waals surface area contributed by atoms with Gasteiger partial charge in [0.05, 0.1) is 35.0 Å². The molecule has 1 aliphatic heterocycles. The minimum Gasteiger partial charge on any atom is -0.412 e. The second-order valence-electron chi connectivity index (χ2n) is 7.73. The highest BCUT2D eigenvalue weighted by molar-refractivity contribution is 6.29. The van der Waals surface area contributed by atoms with Crippen molar-refractivity contribution in [3.63, 3.8) is 0 Å². The Morgan fingerprint density at radius 3 is 2.89 bits per heavy atom. The van der Waals surface area contributed by atoms with Crippen molar-refractivity contribution in [3.8, 4) is 11.5 Å². The third-order valence-electron chi connectivity index (χ3n) is 5.62. The molecule has 5 aromatic rings. The summed E-state index contributed by atoms with van der Waals surface area (Å²) in [6.45, 7) is 0.282. The Bertz CT molecular complexity index is 1570. The van der Waals surface area contributed by atoms with E-state index < -0.39 is 18.2 Å². The molecule has 6 rings (SSSR count). The molecular formula is C20H13ClF3N9O2. The highest BCUT2D eigenvalue weighted by Crippen LogP contribution is 2.35. The average molecular weight is 504 g/mol. The van der Waals surface area contributed by atoms with Crippen LogP contribution in [0.1, 0.15) is 33.8 Å². The molecular weight excluding hydrogens is 491 g/mol. The van der Waals surface area contributed by atoms with Gasteiger partial charge in [0.2, 0.25) is 0 Å². The van der Waals surface area contributed by atoms with Gasteiger partial charge in [0, 0.05) is 24.9 Å². The van der Waals surface area contributed by atoms with Gasteiger partial charge in [-0.2, -0.15) is 14.9 Å². The van der Waals surface area contributed by atoms with Gasteiger partial charge in [-0.05, 0) is 18.2 Å². The van der Waals surface area contributed by atoms with Gasteiger partial charge in [-0.3, -0.25) is 4.79 Å². The number of aromatic amines is 1. The van der Waals surface area contributed by atoms with E-state index in [1.807, 2.05) is 6.07 Å². The number of halogens is 4. The number of hydrogen-bond donors (Lipinski definition) is 1. The number of fused-ring (bicyclic) bond motifs is 2. The molecule has 1 N–H and O–H groups in total. The van der Waals surface area contributed by atoms with Gasteiger partial charge in [-0.1, -0.05) is 17.7 Å². The number of carbonyl (C=O) groups excluding carboxylic acids is 1. The lowest BCUT2D eigenvalue weighted by Gasteiger charge is -2.32. The fraction of sp³-hybridized carbons (Fsp3) is 0.200. The van der Waals surface area contributed by atoms with Crippen molar-refractivity contribution < 1.29 is 22.4 Å². The van der Waals surface area contributed by atoms with Crippen LogP contribution in [0.2, 0.25) is 5.15 Å². The summed E-state index contributed by atoms with van der Waals surface area (Å²) in [6, 6.07) is 6.42. The molecule has 0 aliphatic carbocycles. The molecule has 0 unspecified atom stereocenters. The van der Waals surface area contributed by atoms with Gasteiger partial charge in [0.1, 0.15) is 11.2 Å². The van der Waals surface area contributed by atoms with Crippen molar-refractivity contribution in [3.05, 3.63) is 71.1 Å². The minimum atomic E-state index is -4.70. The van der Waals surface area contributed by atoms with Crippen LogP contribution >= 0.6 is 11.6 Å². The van der Waals surface area contributed by atoms with Crippen LogP contribution < -0.4 is 0 Å². The Morgan fingerprint density at radius 1 is 1.26 bits per heavy atom. The average Bonchev–Trinajstić information content (AvgIpc) is 3.62. The maximum atomic E-state index is 13.4. The second-order valence-corrected chi connectivity index (χ2v) is 8.11. The molecule has 15 heteroatoms. The number of imidazole rings is 1. The molecule has 0 aromatic carbocycles. The van der Waals surface area contributed by atoms with E-state index in [9.17, 15) is 18.0 Å². The summed E-state index contributed by atoms with van der Waals surface area (Å²) in [5, 5.41) is 15.7. The van der Waals surface area contributed by atoms with E-state index in [4.69, 9.17) is 16.0 Å². The second kappa shape index (κ2) is 7.66. The maximum absolute atomic E-state index is 13.4. The van der Waals surface area contributed by atoms with Crippen molar-refractivity contribution in [2.45, 2.75) is 18.8 Å². The van der Waals surface area contributed by atoms with E-state index >= 15 is 0 Å². The number of nitrogens with zero attached hydrogens (tertiary/aromatic N) is 8. The summed E-state index contributed by atoms with van der Waals surface area (Å²) in [6.07, 6.45) is -1.05. The molecule has 1 amide bonds. The first-order chi connectivity index (χ1) is 16.8. The summed E-state index contributed by atoms with van der Waals surface area (Å²) in [5.74, 6) is -1.27. The summed E-state index contributed by atoms with van der Waals surface area (Å²) >= 11 is 6.26. The molecule has 178 valence electrons. The molecule has 0 radical (unpaired) electrons. The Morgan fingerprint density at radius 2 is 2.11 bits per heavy atom. The number of H-pyrrole nitrogens is 1. The van der Waals surface area contributed by atoms with Crippen LogP contribution in [0.3, 0.4) is 0 Å². The quantitative estimate of drug-likeness (QED) is 0.375. The zero-order valence-electron chi connectivity index (χ0n) is 17.4. The topological polar surface area (TPSA) is 123 Å². The smallest absolute Gasteiger partial charge is 0.412 e. The Kier molecular flexibility index (Phi) is 4.67. The van der Waals surface area contributed by atoms with Crippen molar-refractivity contribution in [2.24, 2.45) is 0 Å². The summed E-state index contributed by atoms with van der Waals surface area (Å²) in [4.78, 5) is 22.4. The van der Waals surface area contributed by atoms with E-state index in [1.165, 1.54) is 11.2 Å². The van der Waals surface area contributed by atoms with Crippen LogP contribution in [0.5, 0.6) is 0 Å². The number of pyridine rings is 1. The fourth-order valence-electron chi connectivity index (χ4n) is 4.05. The van der Waals surface area contributed by atoms with Crippen molar-refractivity contribution in [1.29, 1.82) is 0 Å². The van der Waals surface area contributed by atoms with E-state index in [1.54, 1.807) is 22.7 Å². The number of alkyl halides is 3. The Balaban J connectivity index is 1.37. The van der Waals surface area contributed by atoms with Gasteiger partial charge in [-0.15, -0.1) is 23.4 Å². The molecule has 11 nitrogen and oxygen atoms in total. The lowest BCUT2D eigenvalue weighted by Crippen LogP contribution is -2.41. The van der Waals surface area contributed by atoms with Crippen LogP contribution in [0, 0.1) is 0 Å². The van der Waals surface area contributed by atoms with E-state index in [-0.39, 0.29) is 28.6 Å². The van der Waals surface area contributed by atoms with E-state index in [0.29, 0.717) is 29.2 Å². The van der Waals surface area contributed by atoms with Crippen LogP contribution in [-0.4, -0.2) is 56.9 Å². The molecule has 0 fully saturated rings. The maximum Gasteiger partial charge on any atom is 0.504 e. The molecule has 35 heavy (non-hydrogen) atoms. The summed E-state index contributed by atoms with van der Waals surface area (Å²) < 4.78 is 45.3. The normalized spacial score (nSPS) is 16.1. The SMILES string of the molecule is O=C(c1nnc(-c2cnn(C(F)(F)F)c2)o1)N1CCc2[nH]cnc2[C@H]1c1cc2cccc(Cl)n2n1. The molecule has 0 saturated heterocycles. The Hall–Kier alpha value is -4.20. The predicted molar refractivity (Wildman–Crippen MR) is 112 cm³/mol. The van der Waals surface area contributed by atoms with Crippen molar-refractivity contribution in [2.75, 3.05) is 6.54 Å². The number of amides is 1. The van der Waals surface area contributed by atoms with Crippen LogP contribution in [-0.2, 0) is 12.7 Å². The predicted octanol–water partition coefficient (Wildman–Crippen LogP) is 3.22. The fourth-order valence-corrected chi connectivity index (χ4v) is 4.26. The molecule has 1 aliphatic rings. The zero-order chi connectivity index (χ0) is 24.3. The monoisotopic (exact) mass is 503 g/mol. The molecule has 1 atom stereocenters. The van der Waals surface area contributed by atoms with Crippen molar-refractivity contribution in [1.82, 2.24) is 44.5 Å². The first-order valence-electron chi connectivity index (χ1n) is 10.2. The molecule has 6 heterocycles. The van der Waals surface area contributed by atoms with Crippen LogP contribution in [0.15, 0.2) is 47.4 Å². The molecule has 5 aromatic heterocycles. The van der Waals surface area contributed by atoms with Crippen LogP contribution in [0.25, 0.3) is 17.0 Å². The standard InChI is InChI=1S/C20H13ClF3N9O2/c21-14-3-1-2-11-6-13(30-33(11)14)16-15-12(25-9-26-15)4-5-31(16)19(34)18-29-28-17(35-18)10-7-27-32(8-10)20(22,23)24/h1-3,6-9,16H,4-5H2,(H,25,26)/t16-/m1/s1. The number of aromatic nitrogens is 8. The molecule has 0 spiro atoms. The summed E-state index contributed by atoms with van der Waals surface area (Å²) in [5.41, 5.74) is 2.63. The lowest BCUT2D eigenvalue weighted by atomic mass is 9.99.